The largest absolute Gasteiger partial charge is 0.331 e. The van der Waals surface area contributed by atoms with Gasteiger partial charge in [0.1, 0.15) is 18.3 Å². The van der Waals surface area contributed by atoms with Crippen molar-refractivity contribution < 1.29 is 5.32 Å². The molecule has 0 aliphatic rings. The van der Waals surface area contributed by atoms with Crippen molar-refractivity contribution in [1.29, 1.82) is 0 Å². The third-order valence-electron chi connectivity index (χ3n) is 4.75. The number of quaternary nitrogens is 1. The Morgan fingerprint density at radius 1 is 1.11 bits per heavy atom. The fourth-order valence-electron chi connectivity index (χ4n) is 3.45. The zero-order chi connectivity index (χ0) is 19.5. The summed E-state index contributed by atoms with van der Waals surface area (Å²) in [5, 5.41) is 6.28. The smallest absolute Gasteiger partial charge is 0.258 e. The Hall–Kier alpha value is -2.28. The monoisotopic (exact) mass is 410 g/mol. The lowest BCUT2D eigenvalue weighted by Crippen LogP contribution is -2.84. The minimum atomic E-state index is -0.0136. The highest BCUT2D eigenvalue weighted by Crippen LogP contribution is 2.23. The number of fused-ring (bicyclic) bond motifs is 1. The van der Waals surface area contributed by atoms with Crippen molar-refractivity contribution in [2.45, 2.75) is 32.9 Å². The van der Waals surface area contributed by atoms with Crippen LogP contribution < -0.4 is 10.9 Å². The van der Waals surface area contributed by atoms with Gasteiger partial charge in [-0.05, 0) is 29.3 Å². The van der Waals surface area contributed by atoms with E-state index in [0.29, 0.717) is 12.5 Å². The Balaban J connectivity index is 1.57. The van der Waals surface area contributed by atoms with Gasteiger partial charge in [-0.3, -0.25) is 9.20 Å². The van der Waals surface area contributed by atoms with Crippen LogP contribution in [-0.2, 0) is 13.0 Å². The van der Waals surface area contributed by atoms with Gasteiger partial charge in [0.2, 0.25) is 0 Å². The minimum absolute atomic E-state index is 0.0136. The Morgan fingerprint density at radius 2 is 1.93 bits per heavy atom. The van der Waals surface area contributed by atoms with Gasteiger partial charge in [-0.2, -0.15) is 0 Å². The highest BCUT2D eigenvalue weighted by Gasteiger charge is 2.19. The molecular formula is C22H24N3OS2+. The molecule has 0 saturated heterocycles. The van der Waals surface area contributed by atoms with Crippen LogP contribution in [0.3, 0.4) is 0 Å². The second-order valence-electron chi connectivity index (χ2n) is 7.41. The standard InChI is InChI=1S/C22H23N3OS2/c1-15(2)12-16-5-7-17(8-6-16)21(19-4-3-10-27-19)23-14-18-13-20(26)25-9-11-28-22(25)24-18/h3-11,13,15,21,23H,12,14H2,1-2H3/p+1/t21-/m1/s1. The van der Waals surface area contributed by atoms with E-state index in [2.05, 4.69) is 65.9 Å². The topological polar surface area (TPSA) is 51.0 Å². The highest BCUT2D eigenvalue weighted by molar-refractivity contribution is 7.15. The Labute approximate surface area is 172 Å². The lowest BCUT2D eigenvalue weighted by molar-refractivity contribution is -0.702. The second-order valence-corrected chi connectivity index (χ2v) is 9.27. The van der Waals surface area contributed by atoms with E-state index in [1.807, 2.05) is 5.38 Å². The molecule has 2 N–H and O–H groups in total. The van der Waals surface area contributed by atoms with Crippen molar-refractivity contribution >= 4 is 27.6 Å². The summed E-state index contributed by atoms with van der Waals surface area (Å²) in [5.74, 6) is 0.655. The van der Waals surface area contributed by atoms with Gasteiger partial charge >= 0.3 is 0 Å². The minimum Gasteiger partial charge on any atom is -0.331 e. The fourth-order valence-corrected chi connectivity index (χ4v) is 5.04. The van der Waals surface area contributed by atoms with Crippen molar-refractivity contribution in [1.82, 2.24) is 9.38 Å². The quantitative estimate of drug-likeness (QED) is 0.503. The van der Waals surface area contributed by atoms with Crippen LogP contribution in [0, 0.1) is 5.92 Å². The van der Waals surface area contributed by atoms with Gasteiger partial charge in [-0.15, -0.1) is 22.7 Å². The number of thiophene rings is 1. The predicted octanol–water partition coefficient (Wildman–Crippen LogP) is 3.87. The number of hydrogen-bond donors (Lipinski definition) is 1. The van der Waals surface area contributed by atoms with Crippen LogP contribution in [0.15, 0.2) is 64.2 Å². The van der Waals surface area contributed by atoms with E-state index in [-0.39, 0.29) is 11.6 Å². The number of rotatable bonds is 7. The summed E-state index contributed by atoms with van der Waals surface area (Å²) in [6.07, 6.45) is 2.87. The number of hydrogen-bond acceptors (Lipinski definition) is 4. The summed E-state index contributed by atoms with van der Waals surface area (Å²) in [6, 6.07) is 15.1. The molecule has 0 aliphatic carbocycles. The van der Waals surface area contributed by atoms with Crippen LogP contribution >= 0.6 is 22.7 Å². The van der Waals surface area contributed by atoms with E-state index in [9.17, 15) is 4.79 Å². The van der Waals surface area contributed by atoms with Gasteiger partial charge in [-0.1, -0.05) is 44.2 Å². The van der Waals surface area contributed by atoms with Crippen molar-refractivity contribution in [2.75, 3.05) is 0 Å². The molecule has 3 aromatic heterocycles. The molecule has 0 unspecified atom stereocenters. The normalized spacial score (nSPS) is 12.7. The summed E-state index contributed by atoms with van der Waals surface area (Å²) < 4.78 is 1.60. The molecule has 0 aliphatic heterocycles. The molecule has 0 spiro atoms. The van der Waals surface area contributed by atoms with Crippen molar-refractivity contribution in [2.24, 2.45) is 5.92 Å². The van der Waals surface area contributed by atoms with E-state index in [4.69, 9.17) is 0 Å². The van der Waals surface area contributed by atoms with E-state index in [0.717, 1.165) is 17.1 Å². The first-order valence-electron chi connectivity index (χ1n) is 9.51. The maximum absolute atomic E-state index is 12.2. The SMILES string of the molecule is CC(C)Cc1ccc([C@@H]([NH2+]Cc2cc(=O)n3ccsc3n2)c2cccs2)cc1. The van der Waals surface area contributed by atoms with Crippen LogP contribution in [-0.4, -0.2) is 9.38 Å². The van der Waals surface area contributed by atoms with Crippen LogP contribution in [0.4, 0.5) is 0 Å². The van der Waals surface area contributed by atoms with E-state index < -0.39 is 0 Å². The van der Waals surface area contributed by atoms with Crippen LogP contribution in [0.1, 0.15) is 41.6 Å². The Morgan fingerprint density at radius 3 is 2.64 bits per heavy atom. The Bertz CT molecular complexity index is 1090. The predicted molar refractivity (Wildman–Crippen MR) is 116 cm³/mol. The number of nitrogens with two attached hydrogens (primary N) is 1. The molecule has 0 fully saturated rings. The fraction of sp³-hybridized carbons (Fsp3) is 0.273. The summed E-state index contributed by atoms with van der Waals surface area (Å²) in [7, 11) is 0. The van der Waals surface area contributed by atoms with Gasteiger partial charge in [0.15, 0.2) is 4.96 Å². The molecule has 4 nitrogen and oxygen atoms in total. The molecule has 0 bridgehead atoms. The zero-order valence-corrected chi connectivity index (χ0v) is 17.7. The molecule has 144 valence electrons. The molecule has 28 heavy (non-hydrogen) atoms. The first-order chi connectivity index (χ1) is 13.6. The second kappa shape index (κ2) is 8.39. The summed E-state index contributed by atoms with van der Waals surface area (Å²) in [4.78, 5) is 19.0. The third-order valence-corrected chi connectivity index (χ3v) is 6.46. The van der Waals surface area contributed by atoms with Crippen molar-refractivity contribution in [3.8, 4) is 0 Å². The molecule has 0 saturated carbocycles. The zero-order valence-electron chi connectivity index (χ0n) is 16.0. The molecule has 0 amide bonds. The van der Waals surface area contributed by atoms with Gasteiger partial charge in [-0.25, -0.2) is 4.98 Å². The first kappa shape index (κ1) is 19.1. The van der Waals surface area contributed by atoms with Crippen molar-refractivity contribution in [3.63, 3.8) is 0 Å². The third kappa shape index (κ3) is 4.24. The number of nitrogens with zero attached hydrogens (tertiary/aromatic N) is 2. The van der Waals surface area contributed by atoms with Gasteiger partial charge < -0.3 is 5.32 Å². The molecule has 4 rings (SSSR count). The highest BCUT2D eigenvalue weighted by atomic mass is 32.1. The lowest BCUT2D eigenvalue weighted by atomic mass is 9.99. The number of aromatic nitrogens is 2. The average Bonchev–Trinajstić information content (AvgIpc) is 3.35. The maximum atomic E-state index is 12.2. The van der Waals surface area contributed by atoms with E-state index in [1.54, 1.807) is 28.0 Å². The molecule has 4 aromatic rings. The van der Waals surface area contributed by atoms with Gasteiger partial charge in [0, 0.05) is 23.2 Å². The van der Waals surface area contributed by atoms with Crippen LogP contribution in [0.2, 0.25) is 0 Å². The molecule has 0 radical (unpaired) electrons. The average molecular weight is 411 g/mol. The Kier molecular flexibility index (Phi) is 5.71. The van der Waals surface area contributed by atoms with Crippen LogP contribution in [0.25, 0.3) is 4.96 Å². The molecule has 6 heteroatoms. The number of benzene rings is 1. The maximum Gasteiger partial charge on any atom is 0.258 e. The van der Waals surface area contributed by atoms with Gasteiger partial charge in [0.05, 0.1) is 4.88 Å². The summed E-state index contributed by atoms with van der Waals surface area (Å²) >= 11 is 3.26. The van der Waals surface area contributed by atoms with E-state index >= 15 is 0 Å². The molecule has 1 atom stereocenters. The van der Waals surface area contributed by atoms with Gasteiger partial charge in [0.25, 0.3) is 5.56 Å². The molecular weight excluding hydrogens is 386 g/mol. The van der Waals surface area contributed by atoms with Crippen LogP contribution in [0.5, 0.6) is 0 Å². The summed E-state index contributed by atoms with van der Waals surface area (Å²) in [5.41, 5.74) is 3.47. The molecule has 1 aromatic carbocycles. The summed E-state index contributed by atoms with van der Waals surface area (Å²) in [6.45, 7) is 5.16. The first-order valence-corrected chi connectivity index (χ1v) is 11.3. The number of thiazole rings is 1. The molecule has 3 heterocycles. The van der Waals surface area contributed by atoms with Crippen molar-refractivity contribution in [3.05, 3.63) is 91.5 Å². The van der Waals surface area contributed by atoms with E-state index in [1.165, 1.54) is 27.3 Å². The lowest BCUT2D eigenvalue weighted by Gasteiger charge is -2.15.